The van der Waals surface area contributed by atoms with Crippen LogP contribution in [0.5, 0.6) is 0 Å². The van der Waals surface area contributed by atoms with Crippen LogP contribution in [0.25, 0.3) is 0 Å². The Balaban J connectivity index is 2.36. The van der Waals surface area contributed by atoms with Crippen molar-refractivity contribution >= 4 is 47.4 Å². The number of hydrogen-bond donors (Lipinski definition) is 8. The van der Waals surface area contributed by atoms with Gasteiger partial charge in [-0.3, -0.25) is 33.6 Å². The van der Waals surface area contributed by atoms with Gasteiger partial charge in [0.2, 0.25) is 29.5 Å². The fraction of sp³-hybridized carbons (Fsp3) is 0.588. The maximum absolute atomic E-state index is 14.8. The molecule has 9 N–H and O–H groups in total. The molecule has 2 rings (SSSR count). The third kappa shape index (κ3) is 13.2. The standard InChI is InChI=1S/C34H49FN6O11/c1-17(2)14-22(37-32(49)28(18(3)4)40-29(46)21(36)11-12-26(42)43)30(47)38-23(15-19-8-5-6-9-20(19)35)33(50)41-13-7-10-25(41)31(48)39-24(34(51)52)16-27(44)45/h5-6,8-9,17-18,21-25,28H,7,10-16,36H2,1-4H3,(H,37,49)(H,38,47)(H,39,48)(H,40,46)(H,42,43)(H,44,45)(H,51,52)/t21-,22-,23-,24-,25+,28-/m0/s1. The third-order valence-electron chi connectivity index (χ3n) is 8.42. The van der Waals surface area contributed by atoms with Gasteiger partial charge in [-0.1, -0.05) is 45.9 Å². The molecule has 1 saturated heterocycles. The number of aliphatic carboxylic acids is 3. The van der Waals surface area contributed by atoms with Crippen LogP contribution in [0, 0.1) is 17.7 Å². The van der Waals surface area contributed by atoms with E-state index in [1.54, 1.807) is 27.7 Å². The molecular formula is C34H49FN6O11. The first-order chi connectivity index (χ1) is 24.3. The van der Waals surface area contributed by atoms with Gasteiger partial charge in [-0.25, -0.2) is 9.18 Å². The molecule has 52 heavy (non-hydrogen) atoms. The number of carbonyl (C=O) groups is 8. The molecule has 1 aromatic carbocycles. The van der Waals surface area contributed by atoms with Gasteiger partial charge in [0.15, 0.2) is 0 Å². The van der Waals surface area contributed by atoms with E-state index in [9.17, 15) is 47.9 Å². The van der Waals surface area contributed by atoms with Gasteiger partial charge < -0.3 is 47.2 Å². The first-order valence-electron chi connectivity index (χ1n) is 17.0. The van der Waals surface area contributed by atoms with Gasteiger partial charge in [-0.05, 0) is 49.1 Å². The van der Waals surface area contributed by atoms with E-state index in [0.29, 0.717) is 6.42 Å². The highest BCUT2D eigenvalue weighted by atomic mass is 19.1. The minimum atomic E-state index is -1.77. The van der Waals surface area contributed by atoms with E-state index in [-0.39, 0.29) is 50.1 Å². The number of benzene rings is 1. The van der Waals surface area contributed by atoms with E-state index >= 15 is 0 Å². The number of carboxylic acid groups (broad SMARTS) is 3. The Morgan fingerprint density at radius 1 is 0.846 bits per heavy atom. The number of carboxylic acids is 3. The van der Waals surface area contributed by atoms with Crippen molar-refractivity contribution in [1.82, 2.24) is 26.2 Å². The number of nitrogens with one attached hydrogen (secondary N) is 4. The van der Waals surface area contributed by atoms with Crippen LogP contribution in [0.2, 0.25) is 0 Å². The molecular weight excluding hydrogens is 687 g/mol. The smallest absolute Gasteiger partial charge is 0.326 e. The molecule has 18 heteroatoms. The third-order valence-corrected chi connectivity index (χ3v) is 8.42. The highest BCUT2D eigenvalue weighted by Gasteiger charge is 2.40. The number of likely N-dealkylation sites (tertiary alicyclic amines) is 1. The largest absolute Gasteiger partial charge is 0.481 e. The van der Waals surface area contributed by atoms with Gasteiger partial charge in [0.1, 0.15) is 36.0 Å². The molecule has 0 spiro atoms. The summed E-state index contributed by atoms with van der Waals surface area (Å²) in [7, 11) is 0. The van der Waals surface area contributed by atoms with Crippen LogP contribution in [0.1, 0.15) is 71.8 Å². The predicted octanol–water partition coefficient (Wildman–Crippen LogP) is -0.248. The molecule has 1 fully saturated rings. The Bertz CT molecular complexity index is 1490. The number of amides is 5. The molecule has 17 nitrogen and oxygen atoms in total. The molecule has 0 unspecified atom stereocenters. The molecule has 1 aromatic rings. The van der Waals surface area contributed by atoms with E-state index < -0.39 is 102 Å². The van der Waals surface area contributed by atoms with Gasteiger partial charge in [-0.15, -0.1) is 0 Å². The summed E-state index contributed by atoms with van der Waals surface area (Å²) in [5.74, 6) is -9.60. The van der Waals surface area contributed by atoms with Crippen LogP contribution in [0.3, 0.4) is 0 Å². The first-order valence-corrected chi connectivity index (χ1v) is 17.0. The molecule has 1 aliphatic rings. The number of halogens is 1. The average Bonchev–Trinajstić information content (AvgIpc) is 3.55. The van der Waals surface area contributed by atoms with E-state index in [4.69, 9.17) is 15.9 Å². The SMILES string of the molecule is CC(C)C[C@H](NC(=O)[C@@H](NC(=O)[C@@H](N)CCC(=O)O)C(C)C)C(=O)N[C@@H](Cc1ccccc1F)C(=O)N1CCC[C@@H]1C(=O)N[C@@H](CC(=O)O)C(=O)O. The van der Waals surface area contributed by atoms with Gasteiger partial charge in [0.25, 0.3) is 0 Å². The monoisotopic (exact) mass is 736 g/mol. The number of nitrogens with zero attached hydrogens (tertiary/aromatic N) is 1. The lowest BCUT2D eigenvalue weighted by Crippen LogP contribution is -2.60. The molecule has 6 atom stereocenters. The zero-order chi connectivity index (χ0) is 39.3. The van der Waals surface area contributed by atoms with Crippen molar-refractivity contribution in [3.63, 3.8) is 0 Å². The number of rotatable bonds is 20. The maximum atomic E-state index is 14.8. The summed E-state index contributed by atoms with van der Waals surface area (Å²) in [4.78, 5) is 102. The van der Waals surface area contributed by atoms with Gasteiger partial charge in [0, 0.05) is 19.4 Å². The number of nitrogens with two attached hydrogens (primary N) is 1. The van der Waals surface area contributed by atoms with E-state index in [2.05, 4.69) is 21.3 Å². The van der Waals surface area contributed by atoms with Gasteiger partial charge >= 0.3 is 17.9 Å². The summed E-state index contributed by atoms with van der Waals surface area (Å²) in [6.07, 6.45) is -1.32. The fourth-order valence-corrected chi connectivity index (χ4v) is 5.67. The lowest BCUT2D eigenvalue weighted by atomic mass is 9.98. The van der Waals surface area contributed by atoms with Crippen molar-refractivity contribution in [3.8, 4) is 0 Å². The minimum absolute atomic E-state index is 0.0216. The van der Waals surface area contributed by atoms with Crippen LogP contribution >= 0.6 is 0 Å². The highest BCUT2D eigenvalue weighted by Crippen LogP contribution is 2.21. The Kier molecular flexibility index (Phi) is 16.6. The highest BCUT2D eigenvalue weighted by molar-refractivity contribution is 5.97. The van der Waals surface area contributed by atoms with Crippen LogP contribution in [-0.4, -0.2) is 110 Å². The molecule has 1 heterocycles. The Morgan fingerprint density at radius 3 is 2.04 bits per heavy atom. The van der Waals surface area contributed by atoms with Crippen LogP contribution in [0.15, 0.2) is 24.3 Å². The van der Waals surface area contributed by atoms with Crippen molar-refractivity contribution < 1.29 is 58.1 Å². The molecule has 0 bridgehead atoms. The Morgan fingerprint density at radius 2 is 1.48 bits per heavy atom. The van der Waals surface area contributed by atoms with Crippen LogP contribution in [-0.2, 0) is 44.8 Å². The van der Waals surface area contributed by atoms with Crippen molar-refractivity contribution in [2.45, 2.75) is 109 Å². The molecule has 0 aromatic heterocycles. The number of carbonyl (C=O) groups excluding carboxylic acids is 5. The second-order valence-corrected chi connectivity index (χ2v) is 13.5. The second kappa shape index (κ2) is 20.0. The normalized spacial score (nSPS) is 17.0. The zero-order valence-corrected chi connectivity index (χ0v) is 29.6. The Labute approximate surface area is 300 Å². The van der Waals surface area contributed by atoms with Gasteiger partial charge in [0.05, 0.1) is 12.5 Å². The Hall–Kier alpha value is -5.13. The lowest BCUT2D eigenvalue weighted by Gasteiger charge is -2.31. The summed E-state index contributed by atoms with van der Waals surface area (Å²) in [5, 5.41) is 37.2. The number of hydrogen-bond acceptors (Lipinski definition) is 9. The molecule has 5 amide bonds. The predicted molar refractivity (Wildman–Crippen MR) is 182 cm³/mol. The summed E-state index contributed by atoms with van der Waals surface area (Å²) in [6.45, 7) is 6.85. The maximum Gasteiger partial charge on any atom is 0.326 e. The fourth-order valence-electron chi connectivity index (χ4n) is 5.67. The van der Waals surface area contributed by atoms with Crippen molar-refractivity contribution in [1.29, 1.82) is 0 Å². The average molecular weight is 737 g/mol. The quantitative estimate of drug-likeness (QED) is 0.0861. The van der Waals surface area contributed by atoms with E-state index in [1.165, 1.54) is 18.2 Å². The topological polar surface area (TPSA) is 275 Å². The summed E-state index contributed by atoms with van der Waals surface area (Å²) in [5.41, 5.74) is 5.87. The first kappa shape index (κ1) is 43.0. The zero-order valence-electron chi connectivity index (χ0n) is 29.6. The molecule has 1 aliphatic heterocycles. The van der Waals surface area contributed by atoms with Crippen molar-refractivity contribution in [3.05, 3.63) is 35.6 Å². The van der Waals surface area contributed by atoms with Crippen LogP contribution in [0.4, 0.5) is 4.39 Å². The second-order valence-electron chi connectivity index (χ2n) is 13.5. The minimum Gasteiger partial charge on any atom is -0.481 e. The molecule has 0 saturated carbocycles. The summed E-state index contributed by atoms with van der Waals surface area (Å²) >= 11 is 0. The molecule has 0 radical (unpaired) electrons. The summed E-state index contributed by atoms with van der Waals surface area (Å²) < 4.78 is 14.8. The van der Waals surface area contributed by atoms with Crippen molar-refractivity contribution in [2.75, 3.05) is 6.54 Å². The van der Waals surface area contributed by atoms with Crippen molar-refractivity contribution in [2.24, 2.45) is 17.6 Å². The van der Waals surface area contributed by atoms with Crippen LogP contribution < -0.4 is 27.0 Å². The molecule has 288 valence electrons. The molecule has 0 aliphatic carbocycles. The van der Waals surface area contributed by atoms with E-state index in [0.717, 1.165) is 11.0 Å². The summed E-state index contributed by atoms with van der Waals surface area (Å²) in [6, 6.07) is -2.57. The van der Waals surface area contributed by atoms with E-state index in [1.807, 2.05) is 0 Å². The van der Waals surface area contributed by atoms with Gasteiger partial charge in [-0.2, -0.15) is 0 Å². The lowest BCUT2D eigenvalue weighted by molar-refractivity contribution is -0.148.